The van der Waals surface area contributed by atoms with Gasteiger partial charge in [0.05, 0.1) is 6.04 Å². The summed E-state index contributed by atoms with van der Waals surface area (Å²) in [6, 6.07) is 4.35. The minimum Gasteiger partial charge on any atom is -0.337 e. The first-order valence-corrected chi connectivity index (χ1v) is 8.19. The molecule has 2 atom stereocenters. The summed E-state index contributed by atoms with van der Waals surface area (Å²) in [5.41, 5.74) is 3.37. The van der Waals surface area contributed by atoms with Gasteiger partial charge in [-0.1, -0.05) is 28.0 Å². The maximum absolute atomic E-state index is 5.50. The molecule has 21 heavy (non-hydrogen) atoms. The number of halogens is 1. The van der Waals surface area contributed by atoms with Crippen LogP contribution in [-0.2, 0) is 0 Å². The molecule has 3 rings (SSSR count). The molecule has 0 amide bonds. The summed E-state index contributed by atoms with van der Waals surface area (Å²) in [6.45, 7) is 7.40. The number of nitrogens with one attached hydrogen (secondary N) is 1. The molecule has 0 aliphatic carbocycles. The Bertz CT molecular complexity index is 630. The van der Waals surface area contributed by atoms with Crippen molar-refractivity contribution in [1.82, 2.24) is 15.5 Å². The molecule has 0 radical (unpaired) electrons. The first-order valence-electron chi connectivity index (χ1n) is 7.40. The molecule has 0 spiro atoms. The molecule has 4 nitrogen and oxygen atoms in total. The largest absolute Gasteiger partial charge is 0.337 e. The van der Waals surface area contributed by atoms with Crippen LogP contribution < -0.4 is 5.32 Å². The Morgan fingerprint density at radius 3 is 2.67 bits per heavy atom. The van der Waals surface area contributed by atoms with Crippen molar-refractivity contribution in [3.8, 4) is 11.4 Å². The van der Waals surface area contributed by atoms with Gasteiger partial charge in [-0.05, 0) is 62.4 Å². The van der Waals surface area contributed by atoms with E-state index in [1.165, 1.54) is 24.0 Å². The Morgan fingerprint density at radius 1 is 1.29 bits per heavy atom. The summed E-state index contributed by atoms with van der Waals surface area (Å²) in [6.07, 6.45) is 2.41. The standard InChI is InChI=1S/C16H20BrN3O/c1-9-5-4-6-18-14(9)16-19-15(20-21-16)12-7-10(2)13(17)11(3)8-12/h7-9,14,18H,4-6H2,1-3H3. The second-order valence-corrected chi connectivity index (χ2v) is 6.72. The second kappa shape index (κ2) is 5.89. The van der Waals surface area contributed by atoms with Crippen LogP contribution in [-0.4, -0.2) is 16.7 Å². The topological polar surface area (TPSA) is 51.0 Å². The van der Waals surface area contributed by atoms with Crippen molar-refractivity contribution in [2.24, 2.45) is 5.92 Å². The Balaban J connectivity index is 1.91. The van der Waals surface area contributed by atoms with Gasteiger partial charge in [0, 0.05) is 10.0 Å². The minimum atomic E-state index is 0.178. The lowest BCUT2D eigenvalue weighted by Gasteiger charge is -2.26. The van der Waals surface area contributed by atoms with E-state index >= 15 is 0 Å². The third-order valence-corrected chi connectivity index (χ3v) is 5.42. The van der Waals surface area contributed by atoms with E-state index in [1.807, 2.05) is 0 Å². The maximum atomic E-state index is 5.50. The van der Waals surface area contributed by atoms with E-state index in [9.17, 15) is 0 Å². The van der Waals surface area contributed by atoms with Crippen molar-refractivity contribution in [3.63, 3.8) is 0 Å². The van der Waals surface area contributed by atoms with Gasteiger partial charge in [0.2, 0.25) is 11.7 Å². The highest BCUT2D eigenvalue weighted by molar-refractivity contribution is 9.10. The van der Waals surface area contributed by atoms with Gasteiger partial charge in [0.15, 0.2) is 0 Å². The van der Waals surface area contributed by atoms with Gasteiger partial charge < -0.3 is 9.84 Å². The average Bonchev–Trinajstić information content (AvgIpc) is 2.94. The number of hydrogen-bond acceptors (Lipinski definition) is 4. The molecule has 1 aliphatic rings. The molecule has 1 fully saturated rings. The lowest BCUT2D eigenvalue weighted by molar-refractivity contribution is 0.239. The highest BCUT2D eigenvalue weighted by Gasteiger charge is 2.27. The van der Waals surface area contributed by atoms with Crippen LogP contribution in [0.4, 0.5) is 0 Å². The van der Waals surface area contributed by atoms with Gasteiger partial charge >= 0.3 is 0 Å². The normalized spacial score (nSPS) is 22.5. The highest BCUT2D eigenvalue weighted by Crippen LogP contribution is 2.31. The minimum absolute atomic E-state index is 0.178. The van der Waals surface area contributed by atoms with Crippen LogP contribution in [0.2, 0.25) is 0 Å². The van der Waals surface area contributed by atoms with Gasteiger partial charge in [0.25, 0.3) is 0 Å². The zero-order valence-corrected chi connectivity index (χ0v) is 14.2. The highest BCUT2D eigenvalue weighted by atomic mass is 79.9. The lowest BCUT2D eigenvalue weighted by atomic mass is 9.93. The van der Waals surface area contributed by atoms with Crippen molar-refractivity contribution in [2.75, 3.05) is 6.54 Å². The van der Waals surface area contributed by atoms with Gasteiger partial charge in [-0.25, -0.2) is 0 Å². The Labute approximate surface area is 133 Å². The Hall–Kier alpha value is -1.20. The van der Waals surface area contributed by atoms with Gasteiger partial charge in [0.1, 0.15) is 0 Å². The van der Waals surface area contributed by atoms with Crippen LogP contribution in [0.1, 0.15) is 42.8 Å². The zero-order chi connectivity index (χ0) is 15.0. The van der Waals surface area contributed by atoms with Crippen LogP contribution in [0, 0.1) is 19.8 Å². The number of nitrogens with zero attached hydrogens (tertiary/aromatic N) is 2. The molecular weight excluding hydrogens is 330 g/mol. The quantitative estimate of drug-likeness (QED) is 0.883. The Kier molecular flexibility index (Phi) is 4.13. The summed E-state index contributed by atoms with van der Waals surface area (Å²) in [5, 5.41) is 7.64. The summed E-state index contributed by atoms with van der Waals surface area (Å²) in [5.74, 6) is 1.90. The van der Waals surface area contributed by atoms with Crippen LogP contribution in [0.25, 0.3) is 11.4 Å². The van der Waals surface area contributed by atoms with Gasteiger partial charge in [-0.2, -0.15) is 4.98 Å². The second-order valence-electron chi connectivity index (χ2n) is 5.93. The molecule has 1 aromatic heterocycles. The monoisotopic (exact) mass is 349 g/mol. The molecule has 1 aromatic carbocycles. The van der Waals surface area contributed by atoms with E-state index in [0.717, 1.165) is 16.6 Å². The Morgan fingerprint density at radius 2 is 2.00 bits per heavy atom. The van der Waals surface area contributed by atoms with E-state index in [0.29, 0.717) is 17.6 Å². The molecular formula is C16H20BrN3O. The number of rotatable bonds is 2. The van der Waals surface area contributed by atoms with Gasteiger partial charge in [-0.15, -0.1) is 0 Å². The molecule has 1 saturated heterocycles. The molecule has 1 N–H and O–H groups in total. The molecule has 112 valence electrons. The molecule has 0 bridgehead atoms. The van der Waals surface area contributed by atoms with Crippen molar-refractivity contribution in [1.29, 1.82) is 0 Å². The van der Waals surface area contributed by atoms with Crippen LogP contribution in [0.15, 0.2) is 21.1 Å². The van der Waals surface area contributed by atoms with E-state index in [2.05, 4.69) is 64.3 Å². The molecule has 0 saturated carbocycles. The van der Waals surface area contributed by atoms with Crippen molar-refractivity contribution in [3.05, 3.63) is 33.6 Å². The number of aromatic nitrogens is 2. The lowest BCUT2D eigenvalue weighted by Crippen LogP contribution is -2.33. The fourth-order valence-electron chi connectivity index (χ4n) is 2.93. The van der Waals surface area contributed by atoms with Crippen LogP contribution in [0.5, 0.6) is 0 Å². The molecule has 1 aliphatic heterocycles. The van der Waals surface area contributed by atoms with Crippen molar-refractivity contribution in [2.45, 2.75) is 39.7 Å². The smallest absolute Gasteiger partial charge is 0.244 e. The fraction of sp³-hybridized carbons (Fsp3) is 0.500. The molecule has 2 unspecified atom stereocenters. The molecule has 5 heteroatoms. The number of hydrogen-bond donors (Lipinski definition) is 1. The first-order chi connectivity index (χ1) is 10.1. The summed E-state index contributed by atoms with van der Waals surface area (Å²) >= 11 is 3.59. The first kappa shape index (κ1) is 14.7. The van der Waals surface area contributed by atoms with E-state index in [-0.39, 0.29) is 6.04 Å². The van der Waals surface area contributed by atoms with E-state index in [4.69, 9.17) is 4.52 Å². The maximum Gasteiger partial charge on any atom is 0.244 e. The third-order valence-electron chi connectivity index (χ3n) is 4.17. The molecule has 2 aromatic rings. The number of benzene rings is 1. The average molecular weight is 350 g/mol. The van der Waals surface area contributed by atoms with Gasteiger partial charge in [-0.3, -0.25) is 0 Å². The van der Waals surface area contributed by atoms with E-state index < -0.39 is 0 Å². The van der Waals surface area contributed by atoms with E-state index in [1.54, 1.807) is 0 Å². The molecule has 2 heterocycles. The summed E-state index contributed by atoms with van der Waals surface area (Å²) < 4.78 is 6.64. The predicted molar refractivity (Wildman–Crippen MR) is 86.0 cm³/mol. The third kappa shape index (κ3) is 2.90. The summed E-state index contributed by atoms with van der Waals surface area (Å²) in [7, 11) is 0. The fourth-order valence-corrected chi connectivity index (χ4v) is 3.16. The van der Waals surface area contributed by atoms with Crippen LogP contribution >= 0.6 is 15.9 Å². The zero-order valence-electron chi connectivity index (χ0n) is 12.6. The van der Waals surface area contributed by atoms with Crippen molar-refractivity contribution >= 4 is 15.9 Å². The number of piperidine rings is 1. The van der Waals surface area contributed by atoms with Crippen LogP contribution in [0.3, 0.4) is 0 Å². The predicted octanol–water partition coefficient (Wildman–Crippen LogP) is 4.18. The summed E-state index contributed by atoms with van der Waals surface area (Å²) in [4.78, 5) is 4.61. The van der Waals surface area contributed by atoms with Crippen molar-refractivity contribution < 1.29 is 4.52 Å². The SMILES string of the molecule is Cc1cc(-c2noc(C3NCCCC3C)n2)cc(C)c1Br. The number of aryl methyl sites for hydroxylation is 2.